The average molecular weight is 521 g/mol. The molecule has 0 unspecified atom stereocenters. The van der Waals surface area contributed by atoms with Crippen molar-refractivity contribution in [2.45, 2.75) is 38.1 Å². The molecule has 37 heavy (non-hydrogen) atoms. The van der Waals surface area contributed by atoms with Gasteiger partial charge in [0, 0.05) is 11.9 Å². The molecule has 0 aliphatic rings. The van der Waals surface area contributed by atoms with Crippen LogP contribution in [0.5, 0.6) is 11.6 Å². The van der Waals surface area contributed by atoms with E-state index >= 15 is 0 Å². The van der Waals surface area contributed by atoms with Gasteiger partial charge < -0.3 is 14.4 Å². The van der Waals surface area contributed by atoms with Crippen LogP contribution in [-0.2, 0) is 16.6 Å². The number of carbonyl (C=O) groups is 1. The van der Waals surface area contributed by atoms with E-state index < -0.39 is 15.9 Å². The monoisotopic (exact) mass is 520 g/mol. The number of ether oxygens (including phenoxy) is 1. The number of nitrogens with zero attached hydrogens (tertiary/aromatic N) is 3. The van der Waals surface area contributed by atoms with Gasteiger partial charge in [0.25, 0.3) is 15.9 Å². The van der Waals surface area contributed by atoms with Crippen molar-refractivity contribution in [3.63, 3.8) is 0 Å². The topological polar surface area (TPSA) is 122 Å². The number of azo groups is 1. The summed E-state index contributed by atoms with van der Waals surface area (Å²) in [6.45, 7) is 4.96. The van der Waals surface area contributed by atoms with Crippen molar-refractivity contribution in [3.05, 3.63) is 78.4 Å². The van der Waals surface area contributed by atoms with Gasteiger partial charge in [-0.05, 0) is 55.8 Å². The summed E-state index contributed by atoms with van der Waals surface area (Å²) in [5.41, 5.74) is 1.07. The molecule has 4 rings (SSSR count). The number of carbonyl (C=O) groups excluding carboxylic acids is 1. The second kappa shape index (κ2) is 11.3. The largest absolute Gasteiger partial charge is 0.494 e. The highest BCUT2D eigenvalue weighted by atomic mass is 32.2. The molecule has 10 heteroatoms. The number of nitrogens with one attached hydrogen (secondary N) is 1. The number of unbranched alkanes of at least 4 members (excludes halogenated alkanes) is 1. The van der Waals surface area contributed by atoms with Crippen LogP contribution in [0.2, 0.25) is 0 Å². The van der Waals surface area contributed by atoms with Gasteiger partial charge in [-0.2, -0.15) is 0 Å². The number of para-hydroxylation sites is 2. The first kappa shape index (κ1) is 25.9. The van der Waals surface area contributed by atoms with E-state index in [2.05, 4.69) is 21.9 Å². The van der Waals surface area contributed by atoms with Crippen molar-refractivity contribution in [2.24, 2.45) is 10.2 Å². The highest BCUT2D eigenvalue weighted by Gasteiger charge is 2.20. The van der Waals surface area contributed by atoms with E-state index in [0.717, 1.165) is 18.4 Å². The Kier molecular flexibility index (Phi) is 7.88. The maximum atomic E-state index is 13.0. The molecule has 1 amide bonds. The van der Waals surface area contributed by atoms with E-state index in [1.54, 1.807) is 34.9 Å². The van der Waals surface area contributed by atoms with Crippen molar-refractivity contribution in [1.82, 2.24) is 4.57 Å². The number of rotatable bonds is 10. The third-order valence-corrected chi connectivity index (χ3v) is 7.12. The number of amides is 1. The molecule has 0 aliphatic carbocycles. The first-order valence-corrected chi connectivity index (χ1v) is 13.4. The normalized spacial score (nSPS) is 11.7. The van der Waals surface area contributed by atoms with E-state index in [4.69, 9.17) is 4.74 Å². The molecule has 9 nitrogen and oxygen atoms in total. The predicted octanol–water partition coefficient (Wildman–Crippen LogP) is 6.27. The van der Waals surface area contributed by atoms with Crippen molar-refractivity contribution in [3.8, 4) is 11.6 Å². The Morgan fingerprint density at radius 3 is 2.43 bits per heavy atom. The Morgan fingerprint density at radius 2 is 1.70 bits per heavy atom. The Hall–Kier alpha value is -4.18. The minimum Gasteiger partial charge on any atom is -0.494 e. The zero-order valence-electron chi connectivity index (χ0n) is 20.6. The molecule has 0 spiro atoms. The maximum Gasteiger partial charge on any atom is 0.297 e. The molecule has 3 aromatic carbocycles. The van der Waals surface area contributed by atoms with E-state index in [1.165, 1.54) is 24.3 Å². The van der Waals surface area contributed by atoms with Crippen molar-refractivity contribution >= 4 is 38.2 Å². The summed E-state index contributed by atoms with van der Waals surface area (Å²) < 4.78 is 35.5. The number of aryl methyl sites for hydroxylation is 1. The summed E-state index contributed by atoms with van der Waals surface area (Å²) in [5, 5.41) is 19.4. The Morgan fingerprint density at radius 1 is 1.00 bits per heavy atom. The molecular formula is C27H28N4O5S. The van der Waals surface area contributed by atoms with Crippen LogP contribution in [0, 0.1) is 0 Å². The molecule has 1 heterocycles. The van der Waals surface area contributed by atoms with Crippen LogP contribution in [0.15, 0.2) is 87.9 Å². The highest BCUT2D eigenvalue weighted by molar-refractivity contribution is 7.92. The lowest BCUT2D eigenvalue weighted by molar-refractivity contribution is 0.0996. The summed E-state index contributed by atoms with van der Waals surface area (Å²) in [5.74, 6) is -0.276. The van der Waals surface area contributed by atoms with E-state index in [0.29, 0.717) is 24.3 Å². The van der Waals surface area contributed by atoms with Crippen molar-refractivity contribution in [2.75, 3.05) is 11.3 Å². The lowest BCUT2D eigenvalue weighted by atomic mass is 10.2. The smallest absolute Gasteiger partial charge is 0.297 e. The molecule has 0 radical (unpaired) electrons. The third-order valence-electron chi connectivity index (χ3n) is 5.74. The van der Waals surface area contributed by atoms with Gasteiger partial charge in [0.15, 0.2) is 5.69 Å². The summed E-state index contributed by atoms with van der Waals surface area (Å²) >= 11 is 0. The van der Waals surface area contributed by atoms with Gasteiger partial charge in [0.1, 0.15) is 5.75 Å². The van der Waals surface area contributed by atoms with Gasteiger partial charge in [-0.15, -0.1) is 10.2 Å². The first-order valence-electron chi connectivity index (χ1n) is 12.0. The molecule has 0 saturated heterocycles. The number of hydrogen-bond acceptors (Lipinski definition) is 6. The lowest BCUT2D eigenvalue weighted by Crippen LogP contribution is -2.15. The molecule has 0 aliphatic heterocycles. The summed E-state index contributed by atoms with van der Waals surface area (Å²) in [7, 11) is -3.98. The van der Waals surface area contributed by atoms with Crippen LogP contribution in [0.25, 0.3) is 10.9 Å². The summed E-state index contributed by atoms with van der Waals surface area (Å²) in [4.78, 5) is 13.0. The lowest BCUT2D eigenvalue weighted by Gasteiger charge is -2.11. The van der Waals surface area contributed by atoms with Crippen LogP contribution >= 0.6 is 0 Å². The summed E-state index contributed by atoms with van der Waals surface area (Å²) in [6, 6.07) is 19.5. The fourth-order valence-corrected chi connectivity index (χ4v) is 4.99. The number of aromatic hydroxyl groups is 1. The number of hydrogen-bond donors (Lipinski definition) is 2. The number of anilines is 1. The quantitative estimate of drug-likeness (QED) is 0.239. The summed E-state index contributed by atoms with van der Waals surface area (Å²) in [6.07, 6.45) is 1.81. The molecule has 1 aromatic heterocycles. The first-order chi connectivity index (χ1) is 17.9. The molecule has 0 atom stereocenters. The Labute approximate surface area is 215 Å². The SMILES string of the molecule is CCCCn1c(O)c(N=NC(=O)c2ccccc2NS(=O)(=O)c2ccc(OCC)cc2)c2ccccc21. The van der Waals surface area contributed by atoms with Crippen LogP contribution in [0.1, 0.15) is 37.0 Å². The zero-order chi connectivity index (χ0) is 26.4. The zero-order valence-corrected chi connectivity index (χ0v) is 21.4. The van der Waals surface area contributed by atoms with Gasteiger partial charge in [0.05, 0.1) is 28.3 Å². The highest BCUT2D eigenvalue weighted by Crippen LogP contribution is 2.39. The molecule has 192 valence electrons. The number of sulfonamides is 1. The van der Waals surface area contributed by atoms with Crippen LogP contribution < -0.4 is 9.46 Å². The molecule has 0 saturated carbocycles. The third kappa shape index (κ3) is 5.64. The van der Waals surface area contributed by atoms with Crippen LogP contribution in [0.3, 0.4) is 0 Å². The van der Waals surface area contributed by atoms with Crippen LogP contribution in [0.4, 0.5) is 11.4 Å². The fourth-order valence-electron chi connectivity index (χ4n) is 3.91. The fraction of sp³-hybridized carbons (Fsp3) is 0.222. The number of aromatic nitrogens is 1. The number of fused-ring (bicyclic) bond motifs is 1. The molecular weight excluding hydrogens is 492 g/mol. The van der Waals surface area contributed by atoms with Gasteiger partial charge >= 0.3 is 0 Å². The Bertz CT molecular complexity index is 1540. The Balaban J connectivity index is 1.61. The van der Waals surface area contributed by atoms with E-state index in [9.17, 15) is 18.3 Å². The second-order valence-corrected chi connectivity index (χ2v) is 9.94. The number of benzene rings is 3. The van der Waals surface area contributed by atoms with Gasteiger partial charge in [-0.1, -0.05) is 43.7 Å². The maximum absolute atomic E-state index is 13.0. The van der Waals surface area contributed by atoms with E-state index in [-0.39, 0.29) is 27.7 Å². The average Bonchev–Trinajstić information content (AvgIpc) is 3.17. The van der Waals surface area contributed by atoms with Gasteiger partial charge in [-0.3, -0.25) is 9.52 Å². The predicted molar refractivity (Wildman–Crippen MR) is 142 cm³/mol. The molecule has 0 fully saturated rings. The van der Waals surface area contributed by atoms with Crippen molar-refractivity contribution < 1.29 is 23.1 Å². The van der Waals surface area contributed by atoms with Crippen molar-refractivity contribution in [1.29, 1.82) is 0 Å². The minimum absolute atomic E-state index is 0.0182. The molecule has 4 aromatic rings. The van der Waals surface area contributed by atoms with Crippen LogP contribution in [-0.4, -0.2) is 30.6 Å². The molecule has 2 N–H and O–H groups in total. The van der Waals surface area contributed by atoms with Gasteiger partial charge in [-0.25, -0.2) is 8.42 Å². The minimum atomic E-state index is -3.98. The second-order valence-electron chi connectivity index (χ2n) is 8.26. The van der Waals surface area contributed by atoms with E-state index in [1.807, 2.05) is 25.1 Å². The standard InChI is InChI=1S/C27H28N4O5S/c1-3-5-18-31-24-13-9-7-11-22(24)25(27(31)33)28-29-26(32)21-10-6-8-12-23(21)30-37(34,35)20-16-14-19(15-17-20)36-4-2/h6-17,30,33H,3-5,18H2,1-2H3. The molecule has 0 bridgehead atoms. The van der Waals surface area contributed by atoms with Gasteiger partial charge in [0.2, 0.25) is 5.88 Å².